The summed E-state index contributed by atoms with van der Waals surface area (Å²) in [4.78, 5) is 12.1. The van der Waals surface area contributed by atoms with Crippen LogP contribution < -0.4 is 16.4 Å². The molecule has 5 N–H and O–H groups in total. The first kappa shape index (κ1) is 15.1. The Morgan fingerprint density at radius 1 is 1.35 bits per heavy atom. The summed E-state index contributed by atoms with van der Waals surface area (Å²) in [7, 11) is 0. The Morgan fingerprint density at radius 2 is 2.10 bits per heavy atom. The van der Waals surface area contributed by atoms with Gasteiger partial charge < -0.3 is 21.5 Å². The van der Waals surface area contributed by atoms with E-state index in [1.165, 1.54) is 11.5 Å². The summed E-state index contributed by atoms with van der Waals surface area (Å²) >= 11 is 1.23. The van der Waals surface area contributed by atoms with Gasteiger partial charge in [0.15, 0.2) is 5.82 Å². The molecular formula is C13H22N4O2S. The van der Waals surface area contributed by atoms with Crippen molar-refractivity contribution < 1.29 is 9.90 Å². The van der Waals surface area contributed by atoms with E-state index in [0.717, 1.165) is 50.1 Å². The Morgan fingerprint density at radius 3 is 2.80 bits per heavy atom. The third kappa shape index (κ3) is 4.35. The maximum atomic E-state index is 12.1. The van der Waals surface area contributed by atoms with Crippen LogP contribution in [0, 0.1) is 0 Å². The molecule has 1 amide bonds. The summed E-state index contributed by atoms with van der Waals surface area (Å²) in [6.07, 6.45) is 6.04. The largest absolute Gasteiger partial charge is 0.396 e. The molecule has 0 unspecified atom stereocenters. The van der Waals surface area contributed by atoms with Gasteiger partial charge in [-0.25, -0.2) is 0 Å². The standard InChI is InChI=1S/C13H22N4O2S/c14-11-10(12(19)16-9-5-6-9)13(20-17-11)15-7-3-1-2-4-8-18/h9,15,18H,1-8H2,(H2,14,17)(H,16,19). The van der Waals surface area contributed by atoms with Gasteiger partial charge in [-0.05, 0) is 37.2 Å². The van der Waals surface area contributed by atoms with Gasteiger partial charge in [0.05, 0.1) is 0 Å². The van der Waals surface area contributed by atoms with Gasteiger partial charge in [-0.2, -0.15) is 4.37 Å². The van der Waals surface area contributed by atoms with Crippen molar-refractivity contribution in [1.82, 2.24) is 9.69 Å². The number of nitrogens with two attached hydrogens (primary N) is 1. The van der Waals surface area contributed by atoms with E-state index in [1.54, 1.807) is 0 Å². The van der Waals surface area contributed by atoms with E-state index < -0.39 is 0 Å². The minimum atomic E-state index is -0.124. The number of aliphatic hydroxyl groups is 1. The molecule has 0 spiro atoms. The molecule has 1 aliphatic rings. The average molecular weight is 298 g/mol. The quantitative estimate of drug-likeness (QED) is 0.519. The lowest BCUT2D eigenvalue weighted by molar-refractivity contribution is 0.0953. The van der Waals surface area contributed by atoms with Crippen LogP contribution in [0.15, 0.2) is 0 Å². The van der Waals surface area contributed by atoms with E-state index in [4.69, 9.17) is 10.8 Å². The summed E-state index contributed by atoms with van der Waals surface area (Å²) < 4.78 is 4.06. The van der Waals surface area contributed by atoms with Gasteiger partial charge in [-0.3, -0.25) is 4.79 Å². The maximum absolute atomic E-state index is 12.1. The Kier molecular flexibility index (Phi) is 5.60. The second-order valence-corrected chi connectivity index (χ2v) is 5.86. The summed E-state index contributed by atoms with van der Waals surface area (Å²) in [5.41, 5.74) is 6.26. The van der Waals surface area contributed by atoms with Gasteiger partial charge in [0, 0.05) is 19.2 Å². The molecule has 0 bridgehead atoms. The molecule has 112 valence electrons. The first-order valence-corrected chi connectivity index (χ1v) is 7.90. The highest BCUT2D eigenvalue weighted by atomic mass is 32.1. The van der Waals surface area contributed by atoms with Crippen LogP contribution in [0.1, 0.15) is 48.9 Å². The normalized spacial score (nSPS) is 14.2. The summed E-state index contributed by atoms with van der Waals surface area (Å²) in [6.45, 7) is 1.04. The number of nitrogen functional groups attached to an aromatic ring is 1. The molecule has 0 atom stereocenters. The number of hydrogen-bond donors (Lipinski definition) is 4. The molecule has 0 aliphatic heterocycles. The van der Waals surface area contributed by atoms with E-state index in [1.807, 2.05) is 0 Å². The lowest BCUT2D eigenvalue weighted by Crippen LogP contribution is -2.26. The van der Waals surface area contributed by atoms with Crippen molar-refractivity contribution in [2.75, 3.05) is 24.2 Å². The molecule has 6 nitrogen and oxygen atoms in total. The van der Waals surface area contributed by atoms with Crippen molar-refractivity contribution in [1.29, 1.82) is 0 Å². The first-order valence-electron chi connectivity index (χ1n) is 7.13. The number of anilines is 2. The lowest BCUT2D eigenvalue weighted by Gasteiger charge is -2.07. The molecular weight excluding hydrogens is 276 g/mol. The van der Waals surface area contributed by atoms with Gasteiger partial charge >= 0.3 is 0 Å². The number of nitrogens with one attached hydrogen (secondary N) is 2. The van der Waals surface area contributed by atoms with E-state index in [0.29, 0.717) is 17.4 Å². The fourth-order valence-corrected chi connectivity index (χ4v) is 2.66. The number of amides is 1. The smallest absolute Gasteiger partial charge is 0.258 e. The average Bonchev–Trinajstić information content (AvgIpc) is 3.15. The highest BCUT2D eigenvalue weighted by molar-refractivity contribution is 7.11. The van der Waals surface area contributed by atoms with Crippen LogP contribution in [0.3, 0.4) is 0 Å². The molecule has 1 aromatic rings. The van der Waals surface area contributed by atoms with Crippen LogP contribution >= 0.6 is 11.5 Å². The number of carbonyl (C=O) groups excluding carboxylic acids is 1. The third-order valence-electron chi connectivity index (χ3n) is 3.23. The van der Waals surface area contributed by atoms with E-state index in [2.05, 4.69) is 15.0 Å². The highest BCUT2D eigenvalue weighted by Crippen LogP contribution is 2.28. The molecule has 1 aromatic heterocycles. The van der Waals surface area contributed by atoms with Gasteiger partial charge in [-0.15, -0.1) is 0 Å². The number of rotatable bonds is 9. The van der Waals surface area contributed by atoms with Gasteiger partial charge in [0.1, 0.15) is 10.6 Å². The summed E-state index contributed by atoms with van der Waals surface area (Å²) in [6, 6.07) is 0.313. The van der Waals surface area contributed by atoms with Crippen molar-refractivity contribution in [3.63, 3.8) is 0 Å². The molecule has 2 rings (SSSR count). The predicted molar refractivity (Wildman–Crippen MR) is 81.1 cm³/mol. The number of aliphatic hydroxyl groups excluding tert-OH is 1. The molecule has 1 fully saturated rings. The van der Waals surface area contributed by atoms with Crippen molar-refractivity contribution >= 4 is 28.3 Å². The Balaban J connectivity index is 1.80. The molecule has 20 heavy (non-hydrogen) atoms. The zero-order valence-corrected chi connectivity index (χ0v) is 12.3. The zero-order valence-electron chi connectivity index (χ0n) is 11.5. The Hall–Kier alpha value is -1.34. The molecule has 7 heteroatoms. The van der Waals surface area contributed by atoms with E-state index in [9.17, 15) is 4.79 Å². The topological polar surface area (TPSA) is 100 Å². The van der Waals surface area contributed by atoms with Crippen LogP contribution in [0.5, 0.6) is 0 Å². The fraction of sp³-hybridized carbons (Fsp3) is 0.692. The number of nitrogens with zero attached hydrogens (tertiary/aromatic N) is 1. The molecule has 1 saturated carbocycles. The van der Waals surface area contributed by atoms with Crippen molar-refractivity contribution in [3.8, 4) is 0 Å². The zero-order chi connectivity index (χ0) is 14.4. The van der Waals surface area contributed by atoms with E-state index in [-0.39, 0.29) is 12.5 Å². The number of carbonyl (C=O) groups is 1. The van der Waals surface area contributed by atoms with Gasteiger partial charge in [0.25, 0.3) is 5.91 Å². The Bertz CT molecular complexity index is 446. The second kappa shape index (κ2) is 7.44. The molecule has 1 aliphatic carbocycles. The van der Waals surface area contributed by atoms with Crippen LogP contribution in [-0.4, -0.2) is 34.6 Å². The second-order valence-electron chi connectivity index (χ2n) is 5.08. The first-order chi connectivity index (χ1) is 9.72. The molecule has 0 radical (unpaired) electrons. The fourth-order valence-electron chi connectivity index (χ4n) is 1.92. The van der Waals surface area contributed by atoms with Crippen molar-refractivity contribution in [2.24, 2.45) is 0 Å². The number of unbranched alkanes of at least 4 members (excludes halogenated alkanes) is 3. The van der Waals surface area contributed by atoms with Gasteiger partial charge in [-0.1, -0.05) is 12.8 Å². The molecule has 0 saturated heterocycles. The van der Waals surface area contributed by atoms with Crippen molar-refractivity contribution in [3.05, 3.63) is 5.56 Å². The third-order valence-corrected chi connectivity index (χ3v) is 4.05. The predicted octanol–water partition coefficient (Wildman–Crippen LogP) is 1.58. The van der Waals surface area contributed by atoms with Gasteiger partial charge in [0.2, 0.25) is 0 Å². The van der Waals surface area contributed by atoms with Crippen LogP contribution in [0.25, 0.3) is 0 Å². The number of aromatic nitrogens is 1. The molecule has 0 aromatic carbocycles. The minimum absolute atomic E-state index is 0.124. The maximum Gasteiger partial charge on any atom is 0.258 e. The van der Waals surface area contributed by atoms with E-state index >= 15 is 0 Å². The molecule has 1 heterocycles. The lowest BCUT2D eigenvalue weighted by atomic mass is 10.2. The SMILES string of the molecule is Nc1nsc(NCCCCCCO)c1C(=O)NC1CC1. The van der Waals surface area contributed by atoms with Crippen LogP contribution in [0.2, 0.25) is 0 Å². The van der Waals surface area contributed by atoms with Crippen LogP contribution in [0.4, 0.5) is 10.8 Å². The summed E-state index contributed by atoms with van der Waals surface area (Å²) in [5.74, 6) is 0.178. The summed E-state index contributed by atoms with van der Waals surface area (Å²) in [5, 5.41) is 15.6. The van der Waals surface area contributed by atoms with Crippen molar-refractivity contribution in [2.45, 2.75) is 44.6 Å². The monoisotopic (exact) mass is 298 g/mol. The Labute approximate surface area is 122 Å². The minimum Gasteiger partial charge on any atom is -0.396 e. The highest BCUT2D eigenvalue weighted by Gasteiger charge is 2.27. The van der Waals surface area contributed by atoms with Crippen LogP contribution in [-0.2, 0) is 0 Å². The number of hydrogen-bond acceptors (Lipinski definition) is 6.